The topological polar surface area (TPSA) is 78.1 Å². The quantitative estimate of drug-likeness (QED) is 0.804. The number of hydrogen-bond donors (Lipinski definition) is 2. The Kier molecular flexibility index (Phi) is 5.15. The number of nitrogens with one attached hydrogen (secondary N) is 2. The predicted octanol–water partition coefficient (Wildman–Crippen LogP) is 0.717. The van der Waals surface area contributed by atoms with Crippen molar-refractivity contribution < 1.29 is 9.59 Å². The van der Waals surface area contributed by atoms with E-state index >= 15 is 0 Å². The minimum absolute atomic E-state index is 0.0595. The summed E-state index contributed by atoms with van der Waals surface area (Å²) in [6.45, 7) is 1.50. The van der Waals surface area contributed by atoms with Crippen molar-refractivity contribution in [3.05, 3.63) is 18.0 Å². The summed E-state index contributed by atoms with van der Waals surface area (Å²) in [6, 6.07) is 0. The third kappa shape index (κ3) is 4.08. The van der Waals surface area contributed by atoms with Gasteiger partial charge in [-0.15, -0.1) is 0 Å². The first-order chi connectivity index (χ1) is 9.69. The Hall–Kier alpha value is -1.85. The lowest BCUT2D eigenvalue weighted by Crippen LogP contribution is -2.29. The molecule has 6 heteroatoms. The summed E-state index contributed by atoms with van der Waals surface area (Å²) in [7, 11) is 1.65. The lowest BCUT2D eigenvalue weighted by molar-refractivity contribution is -0.130. The molecular weight excluding hydrogens is 256 g/mol. The smallest absolute Gasteiger partial charge is 0.222 e. The zero-order chi connectivity index (χ0) is 14.4. The fourth-order valence-electron chi connectivity index (χ4n) is 2.61. The Morgan fingerprint density at radius 3 is 3.10 bits per heavy atom. The predicted molar refractivity (Wildman–Crippen MR) is 74.9 cm³/mol. The van der Waals surface area contributed by atoms with Crippen LogP contribution in [0.15, 0.2) is 12.4 Å². The van der Waals surface area contributed by atoms with Crippen LogP contribution in [0.2, 0.25) is 0 Å². The minimum atomic E-state index is 0.0595. The van der Waals surface area contributed by atoms with Crippen molar-refractivity contribution in [2.24, 2.45) is 5.92 Å². The van der Waals surface area contributed by atoms with Crippen LogP contribution in [0.3, 0.4) is 0 Å². The van der Waals surface area contributed by atoms with Gasteiger partial charge in [0, 0.05) is 39.2 Å². The Morgan fingerprint density at radius 1 is 1.55 bits per heavy atom. The molecule has 1 unspecified atom stereocenters. The van der Waals surface area contributed by atoms with E-state index in [0.29, 0.717) is 18.8 Å². The largest absolute Gasteiger partial charge is 0.359 e. The molecule has 2 rings (SSSR count). The van der Waals surface area contributed by atoms with Gasteiger partial charge in [0.15, 0.2) is 0 Å². The second kappa shape index (κ2) is 7.07. The van der Waals surface area contributed by atoms with Crippen LogP contribution in [0.1, 0.15) is 31.2 Å². The highest BCUT2D eigenvalue weighted by Crippen LogP contribution is 2.20. The Bertz CT molecular complexity index is 444. The molecule has 2 amide bonds. The van der Waals surface area contributed by atoms with E-state index in [1.165, 1.54) is 0 Å². The molecule has 1 saturated heterocycles. The van der Waals surface area contributed by atoms with Crippen molar-refractivity contribution >= 4 is 11.8 Å². The van der Waals surface area contributed by atoms with Crippen LogP contribution < -0.4 is 5.32 Å². The van der Waals surface area contributed by atoms with Crippen LogP contribution in [0.4, 0.5) is 0 Å². The zero-order valence-electron chi connectivity index (χ0n) is 11.9. The Balaban J connectivity index is 1.67. The maximum Gasteiger partial charge on any atom is 0.222 e. The average molecular weight is 278 g/mol. The third-order valence-electron chi connectivity index (χ3n) is 3.80. The first-order valence-electron chi connectivity index (χ1n) is 7.15. The lowest BCUT2D eigenvalue weighted by Gasteiger charge is -2.16. The first kappa shape index (κ1) is 14.6. The van der Waals surface area contributed by atoms with Crippen LogP contribution in [-0.4, -0.2) is 47.0 Å². The molecule has 20 heavy (non-hydrogen) atoms. The van der Waals surface area contributed by atoms with Crippen molar-refractivity contribution in [2.45, 2.75) is 32.1 Å². The molecule has 0 radical (unpaired) electrons. The van der Waals surface area contributed by atoms with E-state index in [1.54, 1.807) is 13.2 Å². The molecule has 0 saturated carbocycles. The number of aromatic amines is 1. The van der Waals surface area contributed by atoms with Crippen molar-refractivity contribution in [1.29, 1.82) is 0 Å². The van der Waals surface area contributed by atoms with Crippen molar-refractivity contribution in [3.63, 3.8) is 0 Å². The molecule has 1 aliphatic heterocycles. The summed E-state index contributed by atoms with van der Waals surface area (Å²) >= 11 is 0. The van der Waals surface area contributed by atoms with Gasteiger partial charge in [0.25, 0.3) is 0 Å². The highest BCUT2D eigenvalue weighted by Gasteiger charge is 2.27. The van der Waals surface area contributed by atoms with Gasteiger partial charge in [0.1, 0.15) is 0 Å². The number of carbonyl (C=O) groups is 2. The van der Waals surface area contributed by atoms with Crippen LogP contribution >= 0.6 is 0 Å². The molecule has 1 aromatic heterocycles. The summed E-state index contributed by atoms with van der Waals surface area (Å²) in [5.74, 6) is 0.574. The van der Waals surface area contributed by atoms with Crippen LogP contribution in [0.25, 0.3) is 0 Å². The van der Waals surface area contributed by atoms with E-state index in [0.717, 1.165) is 37.9 Å². The summed E-state index contributed by atoms with van der Waals surface area (Å²) in [5.41, 5.74) is 1.14. The minimum Gasteiger partial charge on any atom is -0.359 e. The number of rotatable bonds is 6. The normalized spacial score (nSPS) is 18.2. The number of aryl methyl sites for hydroxylation is 1. The van der Waals surface area contributed by atoms with Crippen LogP contribution in [-0.2, 0) is 16.0 Å². The van der Waals surface area contributed by atoms with Crippen LogP contribution in [0.5, 0.6) is 0 Å². The Morgan fingerprint density at radius 2 is 2.40 bits per heavy atom. The SMILES string of the molecule is CNC(=O)CC1CCN(C(=O)CCCc2cn[nH]c2)C1. The fourth-order valence-corrected chi connectivity index (χ4v) is 2.61. The van der Waals surface area contributed by atoms with E-state index in [9.17, 15) is 9.59 Å². The van der Waals surface area contributed by atoms with Crippen LogP contribution in [0, 0.1) is 5.92 Å². The number of hydrogen-bond acceptors (Lipinski definition) is 3. The van der Waals surface area contributed by atoms with E-state index in [2.05, 4.69) is 15.5 Å². The first-order valence-corrected chi connectivity index (χ1v) is 7.15. The third-order valence-corrected chi connectivity index (χ3v) is 3.80. The molecule has 1 atom stereocenters. The molecule has 1 aliphatic rings. The summed E-state index contributed by atoms with van der Waals surface area (Å²) in [5, 5.41) is 9.29. The number of aromatic nitrogens is 2. The molecule has 1 fully saturated rings. The molecule has 0 spiro atoms. The molecule has 2 N–H and O–H groups in total. The van der Waals surface area contributed by atoms with Gasteiger partial charge in [-0.3, -0.25) is 14.7 Å². The van der Waals surface area contributed by atoms with Crippen molar-refractivity contribution in [3.8, 4) is 0 Å². The number of H-pyrrole nitrogens is 1. The molecule has 0 bridgehead atoms. The van der Waals surface area contributed by atoms with E-state index in [-0.39, 0.29) is 11.8 Å². The van der Waals surface area contributed by atoms with E-state index in [4.69, 9.17) is 0 Å². The standard InChI is InChI=1S/C14H22N4O2/c1-15-13(19)7-11-5-6-18(10-11)14(20)4-2-3-12-8-16-17-9-12/h8-9,11H,2-7,10H2,1H3,(H,15,19)(H,16,17). The number of amides is 2. The van der Waals surface area contributed by atoms with Gasteiger partial charge in [0.05, 0.1) is 6.20 Å². The summed E-state index contributed by atoms with van der Waals surface area (Å²) in [4.78, 5) is 25.3. The fraction of sp³-hybridized carbons (Fsp3) is 0.643. The Labute approximate surface area is 118 Å². The van der Waals surface area contributed by atoms with E-state index in [1.807, 2.05) is 11.1 Å². The highest BCUT2D eigenvalue weighted by atomic mass is 16.2. The maximum atomic E-state index is 12.1. The number of carbonyl (C=O) groups excluding carboxylic acids is 2. The van der Waals surface area contributed by atoms with Crippen molar-refractivity contribution in [1.82, 2.24) is 20.4 Å². The maximum absolute atomic E-state index is 12.1. The van der Waals surface area contributed by atoms with Gasteiger partial charge in [-0.25, -0.2) is 0 Å². The van der Waals surface area contributed by atoms with Gasteiger partial charge in [-0.05, 0) is 30.7 Å². The monoisotopic (exact) mass is 278 g/mol. The number of nitrogens with zero attached hydrogens (tertiary/aromatic N) is 2. The van der Waals surface area contributed by atoms with Gasteiger partial charge < -0.3 is 10.2 Å². The summed E-state index contributed by atoms with van der Waals surface area (Å²) in [6.07, 6.45) is 7.39. The second-order valence-corrected chi connectivity index (χ2v) is 5.33. The molecule has 6 nitrogen and oxygen atoms in total. The molecule has 2 heterocycles. The number of likely N-dealkylation sites (tertiary alicyclic amines) is 1. The highest BCUT2D eigenvalue weighted by molar-refractivity contribution is 5.77. The van der Waals surface area contributed by atoms with Crippen molar-refractivity contribution in [2.75, 3.05) is 20.1 Å². The van der Waals surface area contributed by atoms with Gasteiger partial charge in [-0.1, -0.05) is 0 Å². The van der Waals surface area contributed by atoms with Gasteiger partial charge in [0.2, 0.25) is 11.8 Å². The van der Waals surface area contributed by atoms with E-state index < -0.39 is 0 Å². The molecule has 110 valence electrons. The molecule has 1 aromatic rings. The average Bonchev–Trinajstić information content (AvgIpc) is 3.10. The summed E-state index contributed by atoms with van der Waals surface area (Å²) < 4.78 is 0. The molecular formula is C14H22N4O2. The molecule has 0 aliphatic carbocycles. The zero-order valence-corrected chi connectivity index (χ0v) is 11.9. The molecule has 0 aromatic carbocycles. The van der Waals surface area contributed by atoms with Gasteiger partial charge in [-0.2, -0.15) is 5.10 Å². The van der Waals surface area contributed by atoms with Gasteiger partial charge >= 0.3 is 0 Å². The lowest BCUT2D eigenvalue weighted by atomic mass is 10.0. The second-order valence-electron chi connectivity index (χ2n) is 5.33.